The van der Waals surface area contributed by atoms with Gasteiger partial charge in [0.25, 0.3) is 5.91 Å². The number of rotatable bonds is 4. The molecule has 3 aliphatic heterocycles. The number of aryl methyl sites for hydroxylation is 1. The van der Waals surface area contributed by atoms with Gasteiger partial charge in [-0.3, -0.25) is 9.69 Å². The number of likely N-dealkylation sites (tertiary alicyclic amines) is 1. The molecule has 11 nitrogen and oxygen atoms in total. The Labute approximate surface area is 189 Å². The number of β-lactam (4-membered cyclic amide) rings is 1. The summed E-state index contributed by atoms with van der Waals surface area (Å²) in [5, 5.41) is 30.2. The smallest absolute Gasteiger partial charge is 0.508 e. The van der Waals surface area contributed by atoms with Crippen LogP contribution >= 0.6 is 23.1 Å². The van der Waals surface area contributed by atoms with E-state index in [0.717, 1.165) is 5.01 Å². The van der Waals surface area contributed by atoms with Gasteiger partial charge in [-0.2, -0.15) is 0 Å². The molecule has 3 N–H and O–H groups in total. The SMILES string of the molecule is Cc1nnc(SC2=C(OC(=O)O)N3C(=O)[C@@H]4[C@H]3C2CCN4C(=O)Nc2ccc(O)cc2)s1. The summed E-state index contributed by atoms with van der Waals surface area (Å²) in [7, 11) is 0. The maximum atomic E-state index is 13.0. The van der Waals surface area contributed by atoms with Crippen LogP contribution in [0.4, 0.5) is 15.3 Å². The summed E-state index contributed by atoms with van der Waals surface area (Å²) in [4.78, 5) is 40.6. The van der Waals surface area contributed by atoms with Crippen molar-refractivity contribution in [2.75, 3.05) is 11.9 Å². The number of nitrogens with zero attached hydrogens (tertiary/aromatic N) is 4. The van der Waals surface area contributed by atoms with Crippen LogP contribution in [-0.4, -0.2) is 66.9 Å². The Hall–Kier alpha value is -3.32. The summed E-state index contributed by atoms with van der Waals surface area (Å²) in [6.07, 6.45) is -0.982. The van der Waals surface area contributed by atoms with Gasteiger partial charge < -0.3 is 25.2 Å². The molecule has 0 spiro atoms. The van der Waals surface area contributed by atoms with Crippen molar-refractivity contribution in [1.29, 1.82) is 0 Å². The molecule has 166 valence electrons. The van der Waals surface area contributed by atoms with Crippen LogP contribution < -0.4 is 5.32 Å². The molecule has 1 aromatic carbocycles. The van der Waals surface area contributed by atoms with E-state index in [2.05, 4.69) is 15.5 Å². The summed E-state index contributed by atoms with van der Waals surface area (Å²) in [5.74, 6) is -0.487. The number of aromatic nitrogens is 2. The van der Waals surface area contributed by atoms with E-state index < -0.39 is 24.3 Å². The molecule has 0 aliphatic carbocycles. The largest absolute Gasteiger partial charge is 0.512 e. The topological polar surface area (TPSA) is 145 Å². The Morgan fingerprint density at radius 2 is 2.03 bits per heavy atom. The van der Waals surface area contributed by atoms with Gasteiger partial charge in [-0.1, -0.05) is 23.1 Å². The van der Waals surface area contributed by atoms with Gasteiger partial charge in [0.05, 0.1) is 10.9 Å². The molecule has 13 heteroatoms. The first-order chi connectivity index (χ1) is 15.3. The Morgan fingerprint density at radius 1 is 1.28 bits per heavy atom. The van der Waals surface area contributed by atoms with Crippen LogP contribution in [0.25, 0.3) is 0 Å². The molecule has 4 heterocycles. The van der Waals surface area contributed by atoms with Crippen molar-refractivity contribution in [2.45, 2.75) is 29.8 Å². The van der Waals surface area contributed by atoms with E-state index >= 15 is 0 Å². The molecule has 1 unspecified atom stereocenters. The van der Waals surface area contributed by atoms with Gasteiger partial charge in [0.2, 0.25) is 5.88 Å². The predicted octanol–water partition coefficient (Wildman–Crippen LogP) is 2.65. The Kier molecular flexibility index (Phi) is 4.93. The lowest BCUT2D eigenvalue weighted by molar-refractivity contribution is -0.159. The number of ether oxygens (including phenoxy) is 1. The average molecular weight is 476 g/mol. The highest BCUT2D eigenvalue weighted by atomic mass is 32.2. The molecule has 2 fully saturated rings. The molecule has 3 aliphatic rings. The summed E-state index contributed by atoms with van der Waals surface area (Å²) in [6.45, 7) is 2.13. The van der Waals surface area contributed by atoms with Gasteiger partial charge in [0.15, 0.2) is 4.34 Å². The average Bonchev–Trinajstić information content (AvgIpc) is 3.28. The molecule has 0 saturated carbocycles. The predicted molar refractivity (Wildman–Crippen MR) is 113 cm³/mol. The second kappa shape index (κ2) is 7.67. The molecule has 0 radical (unpaired) electrons. The molecule has 3 atom stereocenters. The first-order valence-corrected chi connectivity index (χ1v) is 11.3. The molecule has 2 saturated heterocycles. The lowest BCUT2D eigenvalue weighted by Crippen LogP contribution is -2.73. The number of piperidine rings is 1. The second-order valence-electron chi connectivity index (χ2n) is 7.44. The Balaban J connectivity index is 1.39. The molecular weight excluding hydrogens is 458 g/mol. The van der Waals surface area contributed by atoms with Gasteiger partial charge in [0.1, 0.15) is 16.8 Å². The van der Waals surface area contributed by atoms with Gasteiger partial charge in [-0.05, 0) is 37.6 Å². The number of hydrogen-bond donors (Lipinski definition) is 3. The monoisotopic (exact) mass is 475 g/mol. The number of urea groups is 1. The number of amides is 3. The van der Waals surface area contributed by atoms with Crippen molar-refractivity contribution >= 4 is 46.9 Å². The molecule has 1 aromatic heterocycles. The van der Waals surface area contributed by atoms with E-state index in [1.165, 1.54) is 45.0 Å². The number of benzene rings is 1. The number of carbonyl (C=O) groups excluding carboxylic acids is 2. The highest BCUT2D eigenvalue weighted by Crippen LogP contribution is 2.54. The number of carbonyl (C=O) groups is 3. The second-order valence-corrected chi connectivity index (χ2v) is 9.91. The molecule has 3 amide bonds. The fourth-order valence-electron chi connectivity index (χ4n) is 4.28. The maximum absolute atomic E-state index is 13.0. The fourth-order valence-corrected chi connectivity index (χ4v) is 6.40. The number of carboxylic acid groups (broad SMARTS) is 1. The lowest BCUT2D eigenvalue weighted by atomic mass is 9.81. The normalized spacial score (nSPS) is 23.7. The van der Waals surface area contributed by atoms with Crippen LogP contribution in [0.1, 0.15) is 11.4 Å². The lowest BCUT2D eigenvalue weighted by Gasteiger charge is -2.52. The maximum Gasteiger partial charge on any atom is 0.512 e. The summed E-state index contributed by atoms with van der Waals surface area (Å²) in [5.41, 5.74) is 0.487. The van der Waals surface area contributed by atoms with Crippen LogP contribution in [0.5, 0.6) is 5.75 Å². The van der Waals surface area contributed by atoms with E-state index in [-0.39, 0.29) is 23.5 Å². The minimum absolute atomic E-state index is 0.00704. The zero-order valence-corrected chi connectivity index (χ0v) is 18.2. The van der Waals surface area contributed by atoms with Gasteiger partial charge in [-0.25, -0.2) is 9.59 Å². The summed E-state index contributed by atoms with van der Waals surface area (Å²) < 4.78 is 5.64. The van der Waals surface area contributed by atoms with Gasteiger partial charge in [0, 0.05) is 18.2 Å². The van der Waals surface area contributed by atoms with Crippen molar-refractivity contribution in [3.63, 3.8) is 0 Å². The molecular formula is C19H17N5O6S2. The van der Waals surface area contributed by atoms with Crippen molar-refractivity contribution in [3.05, 3.63) is 40.1 Å². The third-order valence-electron chi connectivity index (χ3n) is 5.58. The first-order valence-electron chi connectivity index (χ1n) is 9.66. The van der Waals surface area contributed by atoms with E-state index in [1.807, 2.05) is 6.92 Å². The highest BCUT2D eigenvalue weighted by Gasteiger charge is 2.64. The minimum Gasteiger partial charge on any atom is -0.508 e. The van der Waals surface area contributed by atoms with Gasteiger partial charge in [-0.15, -0.1) is 10.2 Å². The van der Waals surface area contributed by atoms with Crippen LogP contribution in [0.2, 0.25) is 0 Å². The van der Waals surface area contributed by atoms with Crippen molar-refractivity contribution in [3.8, 4) is 5.75 Å². The standard InChI is InChI=1S/C19H17N5O6S2/c1-8-21-22-18(31-8)32-14-11-6-7-23(17(27)20-9-2-4-10(25)5-3-9)13-12(11)24(15(13)26)16(14)30-19(28)29/h2-5,11-13,25H,6-7H2,1H3,(H,20,27)(H,28,29)/t11?,12-,13+/m1/s1. The number of phenols is 1. The number of hydrogen-bond acceptors (Lipinski definition) is 9. The van der Waals surface area contributed by atoms with Crippen molar-refractivity contribution in [1.82, 2.24) is 20.0 Å². The van der Waals surface area contributed by atoms with Gasteiger partial charge >= 0.3 is 12.2 Å². The minimum atomic E-state index is -1.51. The van der Waals surface area contributed by atoms with E-state index in [9.17, 15) is 24.6 Å². The molecule has 0 bridgehead atoms. The third kappa shape index (κ3) is 3.33. The van der Waals surface area contributed by atoms with Crippen LogP contribution in [0.15, 0.2) is 39.4 Å². The van der Waals surface area contributed by atoms with Crippen LogP contribution in [0, 0.1) is 12.8 Å². The quantitative estimate of drug-likeness (QED) is 0.345. The Bertz CT molecular complexity index is 1150. The third-order valence-corrected chi connectivity index (χ3v) is 7.66. The molecule has 2 aromatic rings. The Morgan fingerprint density at radius 3 is 2.69 bits per heavy atom. The van der Waals surface area contributed by atoms with Crippen molar-refractivity contribution < 1.29 is 29.3 Å². The van der Waals surface area contributed by atoms with Crippen LogP contribution in [-0.2, 0) is 9.53 Å². The van der Waals surface area contributed by atoms with Crippen LogP contribution in [0.3, 0.4) is 0 Å². The van der Waals surface area contributed by atoms with E-state index in [0.29, 0.717) is 27.9 Å². The van der Waals surface area contributed by atoms with E-state index in [1.54, 1.807) is 12.1 Å². The highest BCUT2D eigenvalue weighted by molar-refractivity contribution is 8.04. The summed E-state index contributed by atoms with van der Waals surface area (Å²) >= 11 is 2.62. The van der Waals surface area contributed by atoms with E-state index in [4.69, 9.17) is 4.74 Å². The fraction of sp³-hybridized carbons (Fsp3) is 0.316. The number of nitrogens with one attached hydrogen (secondary N) is 1. The molecule has 32 heavy (non-hydrogen) atoms. The zero-order chi connectivity index (χ0) is 22.6. The number of thioether (sulfide) groups is 1. The number of phenolic OH excluding ortho intramolecular Hbond substituents is 1. The zero-order valence-electron chi connectivity index (χ0n) is 16.6. The number of anilines is 1. The summed E-state index contributed by atoms with van der Waals surface area (Å²) in [6, 6.07) is 4.47. The first kappa shape index (κ1) is 20.6. The molecule has 5 rings (SSSR count). The number of aromatic hydroxyl groups is 1. The van der Waals surface area contributed by atoms with Crippen molar-refractivity contribution in [2.24, 2.45) is 5.92 Å².